The van der Waals surface area contributed by atoms with Crippen molar-refractivity contribution >= 4 is 43.5 Å². The molecule has 0 heterocycles. The Labute approximate surface area is 145 Å². The van der Waals surface area contributed by atoms with Gasteiger partial charge in [-0.25, -0.2) is 4.39 Å². The first-order valence-electron chi connectivity index (χ1n) is 6.43. The fourth-order valence-electron chi connectivity index (χ4n) is 1.96. The molecule has 2 unspecified atom stereocenters. The van der Waals surface area contributed by atoms with Crippen molar-refractivity contribution in [2.24, 2.45) is 0 Å². The van der Waals surface area contributed by atoms with Gasteiger partial charge in [0.2, 0.25) is 0 Å². The van der Waals surface area contributed by atoms with E-state index in [1.54, 1.807) is 12.1 Å². The van der Waals surface area contributed by atoms with E-state index >= 15 is 0 Å². The standard InChI is InChI=1S/C16H14Br2ClFO/c1-9(17)13-7-11(19)3-5-15(13)21-16-6-4-12(20)8-14(16)10(2)18/h3-10H,1-2H3. The maximum absolute atomic E-state index is 13.4. The van der Waals surface area contributed by atoms with E-state index in [1.165, 1.54) is 12.1 Å². The van der Waals surface area contributed by atoms with E-state index in [2.05, 4.69) is 31.9 Å². The second-order valence-electron chi connectivity index (χ2n) is 4.70. The highest BCUT2D eigenvalue weighted by Gasteiger charge is 2.15. The summed E-state index contributed by atoms with van der Waals surface area (Å²) in [6.45, 7) is 3.93. The lowest BCUT2D eigenvalue weighted by molar-refractivity contribution is 0.468. The first kappa shape index (κ1) is 16.8. The molecule has 0 aliphatic carbocycles. The molecule has 2 rings (SSSR count). The molecular formula is C16H14Br2ClFO. The van der Waals surface area contributed by atoms with Crippen LogP contribution in [0.15, 0.2) is 36.4 Å². The summed E-state index contributed by atoms with van der Waals surface area (Å²) in [5.74, 6) is 1.04. The van der Waals surface area contributed by atoms with Gasteiger partial charge in [0.1, 0.15) is 17.3 Å². The summed E-state index contributed by atoms with van der Waals surface area (Å²) in [7, 11) is 0. The van der Waals surface area contributed by atoms with Crippen molar-refractivity contribution in [1.82, 2.24) is 0 Å². The Bertz CT molecular complexity index is 589. The number of alkyl halides is 2. The van der Waals surface area contributed by atoms with Gasteiger partial charge in [-0.15, -0.1) is 0 Å². The maximum Gasteiger partial charge on any atom is 0.131 e. The van der Waals surface area contributed by atoms with Crippen LogP contribution in [0.5, 0.6) is 11.5 Å². The Hall–Kier alpha value is -0.580. The average Bonchev–Trinajstić information content (AvgIpc) is 2.42. The van der Waals surface area contributed by atoms with Crippen LogP contribution >= 0.6 is 43.5 Å². The SMILES string of the molecule is CC(Br)c1cc(F)ccc1Oc1ccc(Cl)cc1C(C)Br. The first-order valence-corrected chi connectivity index (χ1v) is 8.64. The van der Waals surface area contributed by atoms with Crippen LogP contribution in [0, 0.1) is 5.82 Å². The summed E-state index contributed by atoms with van der Waals surface area (Å²) in [6, 6.07) is 9.96. The van der Waals surface area contributed by atoms with Crippen LogP contribution in [-0.2, 0) is 0 Å². The Morgan fingerprint density at radius 3 is 2.05 bits per heavy atom. The van der Waals surface area contributed by atoms with E-state index in [0.717, 1.165) is 11.1 Å². The molecule has 21 heavy (non-hydrogen) atoms. The van der Waals surface area contributed by atoms with Crippen molar-refractivity contribution in [3.05, 3.63) is 58.4 Å². The lowest BCUT2D eigenvalue weighted by Gasteiger charge is -2.17. The van der Waals surface area contributed by atoms with Crippen molar-refractivity contribution in [3.8, 4) is 11.5 Å². The summed E-state index contributed by atoms with van der Waals surface area (Å²) in [5.41, 5.74) is 1.71. The van der Waals surface area contributed by atoms with Crippen molar-refractivity contribution in [2.75, 3.05) is 0 Å². The van der Waals surface area contributed by atoms with Crippen LogP contribution in [0.1, 0.15) is 34.6 Å². The highest BCUT2D eigenvalue weighted by molar-refractivity contribution is 9.09. The van der Waals surface area contributed by atoms with Gasteiger partial charge < -0.3 is 4.74 Å². The van der Waals surface area contributed by atoms with Crippen LogP contribution < -0.4 is 4.74 Å². The highest BCUT2D eigenvalue weighted by Crippen LogP contribution is 2.39. The van der Waals surface area contributed by atoms with Crippen molar-refractivity contribution in [2.45, 2.75) is 23.5 Å². The number of hydrogen-bond donors (Lipinski definition) is 0. The smallest absolute Gasteiger partial charge is 0.131 e. The zero-order chi connectivity index (χ0) is 15.6. The number of benzene rings is 2. The van der Waals surface area contributed by atoms with Gasteiger partial charge in [0.05, 0.1) is 0 Å². The quantitative estimate of drug-likeness (QED) is 0.461. The van der Waals surface area contributed by atoms with Gasteiger partial charge >= 0.3 is 0 Å². The summed E-state index contributed by atoms with van der Waals surface area (Å²) >= 11 is 13.0. The molecule has 0 spiro atoms. The van der Waals surface area contributed by atoms with Gasteiger partial charge in [0, 0.05) is 25.8 Å². The number of rotatable bonds is 4. The maximum atomic E-state index is 13.4. The van der Waals surface area contributed by atoms with Crippen LogP contribution in [-0.4, -0.2) is 0 Å². The zero-order valence-corrected chi connectivity index (χ0v) is 15.5. The third kappa shape index (κ3) is 4.21. The molecule has 5 heteroatoms. The van der Waals surface area contributed by atoms with Gasteiger partial charge in [0.25, 0.3) is 0 Å². The summed E-state index contributed by atoms with van der Waals surface area (Å²) in [4.78, 5) is 0.0804. The third-order valence-electron chi connectivity index (χ3n) is 3.02. The topological polar surface area (TPSA) is 9.23 Å². The van der Waals surface area contributed by atoms with E-state index in [4.69, 9.17) is 16.3 Å². The molecule has 0 aliphatic rings. The minimum Gasteiger partial charge on any atom is -0.457 e. The number of halogens is 4. The van der Waals surface area contributed by atoms with E-state index < -0.39 is 0 Å². The molecule has 112 valence electrons. The molecule has 0 bridgehead atoms. The van der Waals surface area contributed by atoms with E-state index in [9.17, 15) is 4.39 Å². The Balaban J connectivity index is 2.43. The first-order chi connectivity index (χ1) is 9.88. The second-order valence-corrected chi connectivity index (χ2v) is 7.88. The molecule has 0 saturated carbocycles. The predicted molar refractivity (Wildman–Crippen MR) is 92.6 cm³/mol. The van der Waals surface area contributed by atoms with Gasteiger partial charge in [-0.3, -0.25) is 0 Å². The Kier molecular flexibility index (Phi) is 5.69. The largest absolute Gasteiger partial charge is 0.457 e. The average molecular weight is 437 g/mol. The lowest BCUT2D eigenvalue weighted by atomic mass is 10.1. The lowest BCUT2D eigenvalue weighted by Crippen LogP contribution is -1.97. The predicted octanol–water partition coefficient (Wildman–Crippen LogP) is 7.18. The third-order valence-corrected chi connectivity index (χ3v) is 4.24. The minimum absolute atomic E-state index is 0.0136. The fourth-order valence-corrected chi connectivity index (χ4v) is 2.86. The molecule has 0 amide bonds. The van der Waals surface area contributed by atoms with Crippen molar-refractivity contribution in [3.63, 3.8) is 0 Å². The molecule has 0 radical (unpaired) electrons. The van der Waals surface area contributed by atoms with Crippen LogP contribution in [0.25, 0.3) is 0 Å². The van der Waals surface area contributed by atoms with Crippen molar-refractivity contribution in [1.29, 1.82) is 0 Å². The van der Waals surface area contributed by atoms with E-state index in [0.29, 0.717) is 16.5 Å². The van der Waals surface area contributed by atoms with Gasteiger partial charge in [-0.05, 0) is 50.2 Å². The number of hydrogen-bond acceptors (Lipinski definition) is 1. The van der Waals surface area contributed by atoms with Gasteiger partial charge in [-0.2, -0.15) is 0 Å². The molecule has 1 nitrogen and oxygen atoms in total. The molecule has 0 N–H and O–H groups in total. The van der Waals surface area contributed by atoms with E-state index in [1.807, 2.05) is 26.0 Å². The second kappa shape index (κ2) is 7.12. The number of ether oxygens (including phenoxy) is 1. The van der Waals surface area contributed by atoms with Crippen molar-refractivity contribution < 1.29 is 9.13 Å². The molecule has 2 aromatic rings. The molecule has 0 aliphatic heterocycles. The molecule has 0 fully saturated rings. The minimum atomic E-state index is -0.283. The Morgan fingerprint density at radius 2 is 1.48 bits per heavy atom. The molecule has 0 saturated heterocycles. The molecular weight excluding hydrogens is 422 g/mol. The molecule has 2 aromatic carbocycles. The summed E-state index contributed by atoms with van der Waals surface area (Å²) in [5, 5.41) is 0.650. The summed E-state index contributed by atoms with van der Waals surface area (Å²) < 4.78 is 19.4. The van der Waals surface area contributed by atoms with Crippen LogP contribution in [0.4, 0.5) is 4.39 Å². The van der Waals surface area contributed by atoms with Crippen LogP contribution in [0.2, 0.25) is 5.02 Å². The molecule has 0 aromatic heterocycles. The van der Waals surface area contributed by atoms with Gasteiger partial charge in [0.15, 0.2) is 0 Å². The fraction of sp³-hybridized carbons (Fsp3) is 0.250. The Morgan fingerprint density at radius 1 is 0.952 bits per heavy atom. The highest BCUT2D eigenvalue weighted by atomic mass is 79.9. The molecule has 2 atom stereocenters. The zero-order valence-electron chi connectivity index (χ0n) is 11.5. The van der Waals surface area contributed by atoms with Crippen LogP contribution in [0.3, 0.4) is 0 Å². The van der Waals surface area contributed by atoms with Gasteiger partial charge in [-0.1, -0.05) is 43.5 Å². The summed E-state index contributed by atoms with van der Waals surface area (Å²) in [6.07, 6.45) is 0. The van der Waals surface area contributed by atoms with E-state index in [-0.39, 0.29) is 15.5 Å². The monoisotopic (exact) mass is 434 g/mol. The normalized spacial score (nSPS) is 13.8.